The first kappa shape index (κ1) is 61.1. The first-order valence-electron chi connectivity index (χ1n) is 22.3. The van der Waals surface area contributed by atoms with Crippen molar-refractivity contribution in [2.24, 2.45) is 5.92 Å². The predicted octanol–water partition coefficient (Wildman–Crippen LogP) is 13.8. The van der Waals surface area contributed by atoms with Crippen LogP contribution in [0.5, 0.6) is 0 Å². The Bertz CT molecular complexity index is 2760. The van der Waals surface area contributed by atoms with Crippen LogP contribution >= 0.6 is 0 Å². The van der Waals surface area contributed by atoms with Crippen LogP contribution < -0.4 is 26.4 Å². The van der Waals surface area contributed by atoms with E-state index in [1.165, 1.54) is 0 Å². The molecule has 1 aliphatic carbocycles. The summed E-state index contributed by atoms with van der Waals surface area (Å²) in [5.41, 5.74) is -29.0. The average Bonchev–Trinajstić information content (AvgIpc) is 3.93. The second kappa shape index (κ2) is 21.5. The summed E-state index contributed by atoms with van der Waals surface area (Å²) in [6.07, 6.45) is -45.8. The van der Waals surface area contributed by atoms with Crippen LogP contribution in [0, 0.1) is 5.92 Å². The van der Waals surface area contributed by atoms with Crippen molar-refractivity contribution in [2.75, 3.05) is 0 Å². The van der Waals surface area contributed by atoms with Gasteiger partial charge in [0.2, 0.25) is 18.1 Å². The third kappa shape index (κ3) is 14.0. The lowest BCUT2D eigenvalue weighted by molar-refractivity contribution is -0.685. The Morgan fingerprint density at radius 3 is 0.975 bits per heavy atom. The largest absolute Gasteiger partial charge is 0.416 e. The van der Waals surface area contributed by atoms with Gasteiger partial charge in [-0.25, -0.2) is 0 Å². The first-order valence-corrected chi connectivity index (χ1v) is 22.3. The SMILES string of the molecule is FC(F)(F)c1cc([B-](c2cc(C(F)(F)F)cc(C(F)(F)F)c2)(c2cc(C(F)(F)F)cc(C(F)(F)F)c2)c2cc(C(F)(F)F)cc(C(F)(F)F)c2)cc(C(F)(F)F)c1.O=C(C[n+]1ccncc1C(=O)C1CCCC1)c1ccccc1. The van der Waals surface area contributed by atoms with Crippen molar-refractivity contribution in [1.82, 2.24) is 4.98 Å². The highest BCUT2D eigenvalue weighted by Gasteiger charge is 2.47. The van der Waals surface area contributed by atoms with E-state index >= 15 is 0 Å². The van der Waals surface area contributed by atoms with Gasteiger partial charge in [-0.2, -0.15) is 132 Å². The van der Waals surface area contributed by atoms with Crippen LogP contribution in [0.4, 0.5) is 105 Å². The molecule has 1 saturated carbocycles. The number of Topliss-reactive ketones (excluding diaryl/α,β-unsaturated/α-hetero) is 2. The van der Waals surface area contributed by atoms with Crippen LogP contribution in [0.15, 0.2) is 122 Å². The summed E-state index contributed by atoms with van der Waals surface area (Å²) in [6, 6.07) is 0.343. The number of ketones is 2. The number of hydrogen-bond donors (Lipinski definition) is 0. The van der Waals surface area contributed by atoms with E-state index in [2.05, 4.69) is 4.98 Å². The lowest BCUT2D eigenvalue weighted by Gasteiger charge is -2.46. The molecule has 0 bridgehead atoms. The third-order valence-electron chi connectivity index (χ3n) is 12.7. The normalized spacial score (nSPS) is 14.5. The van der Waals surface area contributed by atoms with Crippen molar-refractivity contribution in [3.63, 3.8) is 0 Å². The molecule has 6 aromatic rings. The van der Waals surface area contributed by atoms with Crippen LogP contribution in [-0.4, -0.2) is 22.7 Å². The van der Waals surface area contributed by atoms with Gasteiger partial charge in [-0.05, 0) is 37.1 Å². The molecule has 0 N–H and O–H groups in total. The Kier molecular flexibility index (Phi) is 16.6. The second-order valence-corrected chi connectivity index (χ2v) is 17.9. The summed E-state index contributed by atoms with van der Waals surface area (Å²) in [6.45, 7) is 0.167. The molecule has 0 spiro atoms. The number of nitrogens with zero attached hydrogens (tertiary/aromatic N) is 2. The van der Waals surface area contributed by atoms with Crippen molar-refractivity contribution in [1.29, 1.82) is 0 Å². The highest BCUT2D eigenvalue weighted by molar-refractivity contribution is 7.20. The second-order valence-electron chi connectivity index (χ2n) is 17.9. The van der Waals surface area contributed by atoms with Crippen LogP contribution in [0.3, 0.4) is 0 Å². The van der Waals surface area contributed by atoms with Crippen LogP contribution in [-0.2, 0) is 56.0 Å². The van der Waals surface area contributed by atoms with Gasteiger partial charge in [-0.1, -0.05) is 91.7 Å². The Morgan fingerprint density at radius 1 is 0.430 bits per heavy atom. The fourth-order valence-corrected chi connectivity index (χ4v) is 9.07. The van der Waals surface area contributed by atoms with Crippen molar-refractivity contribution in [2.45, 2.75) is 81.6 Å². The quantitative estimate of drug-likeness (QED) is 0.0627. The molecule has 1 fully saturated rings. The molecule has 1 aromatic heterocycles. The van der Waals surface area contributed by atoms with Crippen molar-refractivity contribution >= 4 is 39.6 Å². The van der Waals surface area contributed by atoms with Crippen molar-refractivity contribution < 1.29 is 120 Å². The molecule has 0 amide bonds. The fraction of sp³-hybridized carbons (Fsp3) is 0.280. The molecule has 1 heterocycles. The lowest BCUT2D eigenvalue weighted by Crippen LogP contribution is -2.75. The molecule has 7 rings (SSSR count). The Morgan fingerprint density at radius 2 is 0.709 bits per heavy atom. The van der Waals surface area contributed by atoms with E-state index in [0.717, 1.165) is 25.7 Å². The minimum Gasteiger partial charge on any atom is -0.287 e. The summed E-state index contributed by atoms with van der Waals surface area (Å²) in [7, 11) is 0. The molecule has 79 heavy (non-hydrogen) atoms. The van der Waals surface area contributed by atoms with Crippen molar-refractivity contribution in [3.05, 3.63) is 177 Å². The summed E-state index contributed by atoms with van der Waals surface area (Å²) in [4.78, 5) is 29.0. The van der Waals surface area contributed by atoms with E-state index in [0.29, 0.717) is 11.3 Å². The average molecular weight is 1160 g/mol. The highest BCUT2D eigenvalue weighted by Crippen LogP contribution is 2.41. The number of carbonyl (C=O) groups excluding carboxylic acids is 2. The molecule has 29 heteroatoms. The minimum atomic E-state index is -6.13. The molecule has 424 valence electrons. The standard InChI is InChI=1S/C32H12BF24.C18H19N2O2/c34-25(35,36)13-1-14(26(37,38)39)6-21(5-13)33(22-7-15(27(40,41)42)2-16(8-22)28(43,44)45,23-9-17(29(46,47)48)3-18(10-23)30(49,50)51)24-11-19(31(52,53)54)4-20(12-24)32(55,56)57;21-17(14-6-2-1-3-7-14)13-20-11-10-19-12-16(20)18(22)15-8-4-5-9-15/h1-12H;1-3,6-7,10-12,15H,4-5,8-9,13H2/q-1;+1. The van der Waals surface area contributed by atoms with E-state index in [-0.39, 0.29) is 24.0 Å². The predicted molar refractivity (Wildman–Crippen MR) is 232 cm³/mol. The fourth-order valence-electron chi connectivity index (χ4n) is 9.07. The number of alkyl halides is 24. The van der Waals surface area contributed by atoms with Gasteiger partial charge < -0.3 is 0 Å². The van der Waals surface area contributed by atoms with Crippen LogP contribution in [0.1, 0.15) is 91.0 Å². The Balaban J connectivity index is 0.000000378. The lowest BCUT2D eigenvalue weighted by atomic mass is 9.12. The molecule has 0 radical (unpaired) electrons. The zero-order valence-electron chi connectivity index (χ0n) is 39.0. The summed E-state index contributed by atoms with van der Waals surface area (Å²) in [5.74, 6) is 0.200. The number of aromatic nitrogens is 2. The van der Waals surface area contributed by atoms with Gasteiger partial charge in [0.15, 0.2) is 6.20 Å². The smallest absolute Gasteiger partial charge is 0.287 e. The van der Waals surface area contributed by atoms with E-state index in [1.54, 1.807) is 35.3 Å². The molecule has 0 aliphatic heterocycles. The highest BCUT2D eigenvalue weighted by atomic mass is 19.4. The third-order valence-corrected chi connectivity index (χ3v) is 12.7. The van der Waals surface area contributed by atoms with Gasteiger partial charge in [-0.15, -0.1) is 0 Å². The molecule has 4 nitrogen and oxygen atoms in total. The zero-order chi connectivity index (χ0) is 59.3. The maximum absolute atomic E-state index is 14.2. The van der Waals surface area contributed by atoms with Gasteiger partial charge in [0, 0.05) is 11.5 Å². The monoisotopic (exact) mass is 1160 g/mol. The maximum Gasteiger partial charge on any atom is 0.416 e. The van der Waals surface area contributed by atoms with E-state index < -0.39 is 195 Å². The topological polar surface area (TPSA) is 50.9 Å². The van der Waals surface area contributed by atoms with Gasteiger partial charge >= 0.3 is 49.4 Å². The van der Waals surface area contributed by atoms with Gasteiger partial charge in [-0.3, -0.25) is 14.6 Å². The molecule has 0 saturated heterocycles. The minimum absolute atomic E-state index is 0.00253. The number of rotatable bonds is 9. The van der Waals surface area contributed by atoms with E-state index in [4.69, 9.17) is 0 Å². The van der Waals surface area contributed by atoms with Crippen molar-refractivity contribution in [3.8, 4) is 0 Å². The molecule has 1 aliphatic rings. The number of halogens is 24. The molecule has 5 aromatic carbocycles. The number of benzene rings is 5. The van der Waals surface area contributed by atoms with Gasteiger partial charge in [0.1, 0.15) is 12.3 Å². The Labute approximate surface area is 428 Å². The van der Waals surface area contributed by atoms with Gasteiger partial charge in [0.25, 0.3) is 5.69 Å². The summed E-state index contributed by atoms with van der Waals surface area (Å²) >= 11 is 0. The molecule has 0 unspecified atom stereocenters. The zero-order valence-corrected chi connectivity index (χ0v) is 39.0. The van der Waals surface area contributed by atoms with E-state index in [1.807, 2.05) is 18.2 Å². The molecule has 0 atom stereocenters. The summed E-state index contributed by atoms with van der Waals surface area (Å²) in [5, 5.41) is 0. The molecular formula is C50H31BF24N2O2. The van der Waals surface area contributed by atoms with Gasteiger partial charge in [0.05, 0.1) is 50.7 Å². The van der Waals surface area contributed by atoms with E-state index in [9.17, 15) is 115 Å². The Hall–Kier alpha value is -7.10. The number of carbonyl (C=O) groups is 2. The summed E-state index contributed by atoms with van der Waals surface area (Å²) < 4.78 is 343. The van der Waals surface area contributed by atoms with Crippen LogP contribution in [0.25, 0.3) is 0 Å². The van der Waals surface area contributed by atoms with Crippen LogP contribution in [0.2, 0.25) is 0 Å². The first-order chi connectivity index (χ1) is 36.0. The molecular weight excluding hydrogens is 1130 g/mol. The number of hydrogen-bond acceptors (Lipinski definition) is 3. The maximum atomic E-state index is 14.2.